The zero-order valence-corrected chi connectivity index (χ0v) is 11.2. The van der Waals surface area contributed by atoms with Gasteiger partial charge in [0.25, 0.3) is 0 Å². The third-order valence-corrected chi connectivity index (χ3v) is 4.04. The minimum Gasteiger partial charge on any atom is -0.339 e. The highest BCUT2D eigenvalue weighted by molar-refractivity contribution is 5.74. The highest BCUT2D eigenvalue weighted by atomic mass is 16.5. The molecule has 2 heterocycles. The molecule has 1 aliphatic carbocycles. The van der Waals surface area contributed by atoms with Gasteiger partial charge in [0.05, 0.1) is 17.4 Å². The van der Waals surface area contributed by atoms with Crippen molar-refractivity contribution < 1.29 is 4.52 Å². The minimum atomic E-state index is 0.505. The number of imidazole rings is 1. The fourth-order valence-corrected chi connectivity index (χ4v) is 2.60. The maximum absolute atomic E-state index is 5.34. The van der Waals surface area contributed by atoms with E-state index in [1.165, 1.54) is 19.3 Å². The summed E-state index contributed by atoms with van der Waals surface area (Å²) >= 11 is 0. The van der Waals surface area contributed by atoms with Crippen molar-refractivity contribution in [2.24, 2.45) is 0 Å². The van der Waals surface area contributed by atoms with E-state index < -0.39 is 0 Å². The lowest BCUT2D eigenvalue weighted by atomic mass is 9.85. The Hall–Kier alpha value is -2.17. The van der Waals surface area contributed by atoms with Crippen molar-refractivity contribution >= 4 is 11.0 Å². The Labute approximate surface area is 116 Å². The van der Waals surface area contributed by atoms with Crippen LogP contribution in [0.4, 0.5) is 0 Å². The lowest BCUT2D eigenvalue weighted by Crippen LogP contribution is -2.09. The largest absolute Gasteiger partial charge is 0.339 e. The van der Waals surface area contributed by atoms with Gasteiger partial charge in [0, 0.05) is 18.9 Å². The first-order valence-electron chi connectivity index (χ1n) is 7.12. The molecule has 0 atom stereocenters. The van der Waals surface area contributed by atoms with Crippen LogP contribution in [0.2, 0.25) is 0 Å². The number of hydrogen-bond acceptors (Lipinski definition) is 4. The number of nitrogens with zero attached hydrogens (tertiary/aromatic N) is 4. The first kappa shape index (κ1) is 11.6. The molecule has 0 N–H and O–H groups in total. The Bertz CT molecular complexity index is 726. The van der Waals surface area contributed by atoms with Crippen molar-refractivity contribution in [2.75, 3.05) is 0 Å². The average Bonchev–Trinajstić information content (AvgIpc) is 3.01. The van der Waals surface area contributed by atoms with Crippen LogP contribution in [0.5, 0.6) is 0 Å². The first-order chi connectivity index (χ1) is 9.90. The van der Waals surface area contributed by atoms with Crippen molar-refractivity contribution in [1.29, 1.82) is 0 Å². The Morgan fingerprint density at radius 1 is 1.25 bits per heavy atom. The summed E-state index contributed by atoms with van der Waals surface area (Å²) in [6, 6.07) is 8.14. The van der Waals surface area contributed by atoms with Crippen LogP contribution in [0, 0.1) is 0 Å². The molecule has 1 saturated carbocycles. The standard InChI is InChI=1S/C15H16N4O/c1-2-7-13-12(6-1)16-10-19(13)9-8-14-17-15(20-18-14)11-4-3-5-11/h1-2,6-7,10-11H,3-5,8-9H2. The van der Waals surface area contributed by atoms with Crippen molar-refractivity contribution in [3.05, 3.63) is 42.3 Å². The molecule has 20 heavy (non-hydrogen) atoms. The van der Waals surface area contributed by atoms with E-state index in [-0.39, 0.29) is 0 Å². The molecule has 0 spiro atoms. The van der Waals surface area contributed by atoms with Crippen molar-refractivity contribution in [1.82, 2.24) is 19.7 Å². The molecule has 3 aromatic rings. The molecule has 2 aromatic heterocycles. The third kappa shape index (κ3) is 1.99. The molecule has 0 radical (unpaired) electrons. The molecule has 1 aliphatic rings. The molecule has 0 amide bonds. The lowest BCUT2D eigenvalue weighted by molar-refractivity contribution is 0.291. The highest BCUT2D eigenvalue weighted by Gasteiger charge is 2.25. The van der Waals surface area contributed by atoms with Crippen LogP contribution < -0.4 is 0 Å². The van der Waals surface area contributed by atoms with Gasteiger partial charge in [-0.3, -0.25) is 0 Å². The van der Waals surface area contributed by atoms with Crippen LogP contribution in [0.25, 0.3) is 11.0 Å². The van der Waals surface area contributed by atoms with E-state index in [0.717, 1.165) is 35.7 Å². The van der Waals surface area contributed by atoms with E-state index in [9.17, 15) is 0 Å². The quantitative estimate of drug-likeness (QED) is 0.730. The smallest absolute Gasteiger partial charge is 0.229 e. The second-order valence-corrected chi connectivity index (χ2v) is 5.35. The fraction of sp³-hybridized carbons (Fsp3) is 0.400. The van der Waals surface area contributed by atoms with Gasteiger partial charge in [-0.25, -0.2) is 4.98 Å². The number of hydrogen-bond donors (Lipinski definition) is 0. The first-order valence-corrected chi connectivity index (χ1v) is 7.12. The van der Waals surface area contributed by atoms with E-state index in [4.69, 9.17) is 4.52 Å². The molecule has 5 nitrogen and oxygen atoms in total. The van der Waals surface area contributed by atoms with Gasteiger partial charge in [0.15, 0.2) is 5.82 Å². The lowest BCUT2D eigenvalue weighted by Gasteiger charge is -2.20. The maximum atomic E-state index is 5.34. The van der Waals surface area contributed by atoms with Crippen LogP contribution in [-0.2, 0) is 13.0 Å². The molecule has 0 bridgehead atoms. The Balaban J connectivity index is 1.48. The van der Waals surface area contributed by atoms with Crippen molar-refractivity contribution in [3.63, 3.8) is 0 Å². The SMILES string of the molecule is c1ccc2c(c1)ncn2CCc1noc(C2CCC2)n1. The van der Waals surface area contributed by atoms with Gasteiger partial charge >= 0.3 is 0 Å². The van der Waals surface area contributed by atoms with Gasteiger partial charge in [0.2, 0.25) is 5.89 Å². The van der Waals surface area contributed by atoms with E-state index in [1.54, 1.807) is 0 Å². The predicted molar refractivity (Wildman–Crippen MR) is 74.3 cm³/mol. The summed E-state index contributed by atoms with van der Waals surface area (Å²) in [5, 5.41) is 4.08. The Kier molecular flexibility index (Phi) is 2.76. The van der Waals surface area contributed by atoms with Crippen LogP contribution in [0.15, 0.2) is 35.1 Å². The van der Waals surface area contributed by atoms with Crippen molar-refractivity contribution in [2.45, 2.75) is 38.1 Å². The molecular formula is C15H16N4O. The summed E-state index contributed by atoms with van der Waals surface area (Å²) in [5.74, 6) is 2.12. The summed E-state index contributed by atoms with van der Waals surface area (Å²) in [6.45, 7) is 0.824. The van der Waals surface area contributed by atoms with Crippen molar-refractivity contribution in [3.8, 4) is 0 Å². The number of fused-ring (bicyclic) bond motifs is 1. The number of benzene rings is 1. The summed E-state index contributed by atoms with van der Waals surface area (Å²) in [4.78, 5) is 8.89. The second-order valence-electron chi connectivity index (χ2n) is 5.35. The van der Waals surface area contributed by atoms with Gasteiger partial charge in [-0.1, -0.05) is 23.7 Å². The molecule has 1 fully saturated rings. The predicted octanol–water partition coefficient (Wildman–Crippen LogP) is 2.93. The van der Waals surface area contributed by atoms with Crippen LogP contribution >= 0.6 is 0 Å². The Morgan fingerprint density at radius 3 is 3.00 bits per heavy atom. The molecular weight excluding hydrogens is 252 g/mol. The fourth-order valence-electron chi connectivity index (χ4n) is 2.60. The molecule has 0 unspecified atom stereocenters. The van der Waals surface area contributed by atoms with Crippen LogP contribution in [0.3, 0.4) is 0 Å². The molecule has 0 aliphatic heterocycles. The zero-order valence-electron chi connectivity index (χ0n) is 11.2. The maximum Gasteiger partial charge on any atom is 0.229 e. The van der Waals surface area contributed by atoms with Gasteiger partial charge in [-0.05, 0) is 25.0 Å². The molecule has 1 aromatic carbocycles. The summed E-state index contributed by atoms with van der Waals surface area (Å²) in [5.41, 5.74) is 2.17. The second kappa shape index (κ2) is 4.74. The molecule has 5 heteroatoms. The van der Waals surface area contributed by atoms with Crippen LogP contribution in [-0.4, -0.2) is 19.7 Å². The van der Waals surface area contributed by atoms with Gasteiger partial charge < -0.3 is 9.09 Å². The number of para-hydroxylation sites is 2. The monoisotopic (exact) mass is 268 g/mol. The van der Waals surface area contributed by atoms with E-state index in [2.05, 4.69) is 25.8 Å². The number of rotatable bonds is 4. The summed E-state index contributed by atoms with van der Waals surface area (Å²) < 4.78 is 7.47. The molecule has 4 rings (SSSR count). The number of aryl methyl sites for hydroxylation is 2. The average molecular weight is 268 g/mol. The van der Waals surface area contributed by atoms with Gasteiger partial charge in [0.1, 0.15) is 0 Å². The topological polar surface area (TPSA) is 56.7 Å². The van der Waals surface area contributed by atoms with Gasteiger partial charge in [-0.15, -0.1) is 0 Å². The normalized spacial score (nSPS) is 15.6. The third-order valence-electron chi connectivity index (χ3n) is 4.04. The van der Waals surface area contributed by atoms with Gasteiger partial charge in [-0.2, -0.15) is 4.98 Å². The summed E-state index contributed by atoms with van der Waals surface area (Å²) in [6.07, 6.45) is 6.30. The minimum absolute atomic E-state index is 0.505. The van der Waals surface area contributed by atoms with E-state index in [1.807, 2.05) is 24.5 Å². The summed E-state index contributed by atoms with van der Waals surface area (Å²) in [7, 11) is 0. The highest BCUT2D eigenvalue weighted by Crippen LogP contribution is 2.35. The number of aromatic nitrogens is 4. The Morgan fingerprint density at radius 2 is 2.15 bits per heavy atom. The van der Waals surface area contributed by atoms with E-state index in [0.29, 0.717) is 5.92 Å². The zero-order chi connectivity index (χ0) is 13.4. The molecule has 0 saturated heterocycles. The van der Waals surface area contributed by atoms with E-state index >= 15 is 0 Å². The molecule has 102 valence electrons. The van der Waals surface area contributed by atoms with Crippen LogP contribution in [0.1, 0.15) is 36.9 Å².